The van der Waals surface area contributed by atoms with Crippen LogP contribution in [0, 0.1) is 20.8 Å². The van der Waals surface area contributed by atoms with Crippen molar-refractivity contribution < 1.29 is 19.1 Å². The summed E-state index contributed by atoms with van der Waals surface area (Å²) in [6.45, 7) is 5.39. The van der Waals surface area contributed by atoms with Crippen molar-refractivity contribution in [1.29, 1.82) is 0 Å². The fourth-order valence-corrected chi connectivity index (χ4v) is 4.14. The maximum Gasteiger partial charge on any atom is 0.341 e. The highest BCUT2D eigenvalue weighted by Crippen LogP contribution is 2.35. The standard InChI is InChI=1S/C23H22N2O4S/c1-13-9-5-7-11-16(13)20(26)25-22-18(23(28)29-4)15(3)19(30-22)21(27)24-17-12-8-6-10-14(17)2/h5-12H,1-4H3,(H,24,27)(H,25,26). The summed E-state index contributed by atoms with van der Waals surface area (Å²) in [5.41, 5.74) is 3.53. The summed E-state index contributed by atoms with van der Waals surface area (Å²) in [6, 6.07) is 14.6. The molecule has 2 amide bonds. The van der Waals surface area contributed by atoms with E-state index in [9.17, 15) is 14.4 Å². The molecule has 154 valence electrons. The van der Waals surface area contributed by atoms with Gasteiger partial charge in [0.25, 0.3) is 11.8 Å². The molecule has 0 aliphatic rings. The van der Waals surface area contributed by atoms with E-state index in [1.807, 2.05) is 44.2 Å². The van der Waals surface area contributed by atoms with Gasteiger partial charge in [0.1, 0.15) is 5.00 Å². The average Bonchev–Trinajstić information content (AvgIpc) is 3.05. The number of methoxy groups -OCH3 is 1. The third-order valence-corrected chi connectivity index (χ3v) is 5.96. The SMILES string of the molecule is COC(=O)c1c(NC(=O)c2ccccc2C)sc(C(=O)Nc2ccccc2C)c1C. The lowest BCUT2D eigenvalue weighted by atomic mass is 10.1. The molecule has 0 aliphatic heterocycles. The second-order valence-electron chi connectivity index (χ2n) is 6.79. The maximum absolute atomic E-state index is 12.9. The summed E-state index contributed by atoms with van der Waals surface area (Å²) in [5, 5.41) is 5.92. The van der Waals surface area contributed by atoms with Gasteiger partial charge in [-0.3, -0.25) is 9.59 Å². The molecule has 0 atom stereocenters. The fraction of sp³-hybridized carbons (Fsp3) is 0.174. The lowest BCUT2D eigenvalue weighted by Gasteiger charge is -2.08. The van der Waals surface area contributed by atoms with Crippen molar-refractivity contribution in [1.82, 2.24) is 0 Å². The van der Waals surface area contributed by atoms with Gasteiger partial charge in [-0.15, -0.1) is 11.3 Å². The molecule has 7 heteroatoms. The van der Waals surface area contributed by atoms with Crippen LogP contribution in [0.15, 0.2) is 48.5 Å². The van der Waals surface area contributed by atoms with E-state index in [4.69, 9.17) is 4.74 Å². The van der Waals surface area contributed by atoms with E-state index >= 15 is 0 Å². The Bertz CT molecular complexity index is 1130. The number of hydrogen-bond donors (Lipinski definition) is 2. The number of esters is 1. The number of rotatable bonds is 5. The summed E-state index contributed by atoms with van der Waals surface area (Å²) in [7, 11) is 1.26. The topological polar surface area (TPSA) is 84.5 Å². The van der Waals surface area contributed by atoms with Crippen molar-refractivity contribution in [2.45, 2.75) is 20.8 Å². The van der Waals surface area contributed by atoms with Gasteiger partial charge in [0.15, 0.2) is 0 Å². The Morgan fingerprint density at radius 3 is 2.10 bits per heavy atom. The van der Waals surface area contributed by atoms with Crippen molar-refractivity contribution in [2.24, 2.45) is 0 Å². The van der Waals surface area contributed by atoms with Gasteiger partial charge in [-0.1, -0.05) is 36.4 Å². The molecule has 2 aromatic carbocycles. The first-order chi connectivity index (χ1) is 14.3. The van der Waals surface area contributed by atoms with Crippen molar-refractivity contribution >= 4 is 39.8 Å². The van der Waals surface area contributed by atoms with Gasteiger partial charge in [-0.05, 0) is 49.6 Å². The molecule has 3 aromatic rings. The maximum atomic E-state index is 12.9. The minimum Gasteiger partial charge on any atom is -0.465 e. The first-order valence-electron chi connectivity index (χ1n) is 9.29. The smallest absolute Gasteiger partial charge is 0.341 e. The molecule has 1 heterocycles. The second-order valence-corrected chi connectivity index (χ2v) is 7.81. The molecular formula is C23H22N2O4S. The Morgan fingerprint density at radius 1 is 0.833 bits per heavy atom. The van der Waals surface area contributed by atoms with Crippen molar-refractivity contribution in [3.63, 3.8) is 0 Å². The van der Waals surface area contributed by atoms with E-state index in [1.54, 1.807) is 25.1 Å². The zero-order chi connectivity index (χ0) is 21.8. The Balaban J connectivity index is 1.96. The third-order valence-electron chi connectivity index (χ3n) is 4.75. The molecule has 0 saturated heterocycles. The molecule has 6 nitrogen and oxygen atoms in total. The number of carbonyl (C=O) groups is 3. The number of benzene rings is 2. The first-order valence-corrected chi connectivity index (χ1v) is 10.1. The van der Waals surface area contributed by atoms with Crippen LogP contribution < -0.4 is 10.6 Å². The van der Waals surface area contributed by atoms with E-state index in [1.165, 1.54) is 7.11 Å². The average molecular weight is 423 g/mol. The Morgan fingerprint density at radius 2 is 1.47 bits per heavy atom. The van der Waals surface area contributed by atoms with Gasteiger partial charge in [0, 0.05) is 11.3 Å². The number of aryl methyl sites for hydroxylation is 2. The van der Waals surface area contributed by atoms with Crippen LogP contribution in [-0.2, 0) is 4.74 Å². The molecular weight excluding hydrogens is 400 g/mol. The van der Waals surface area contributed by atoms with Crippen LogP contribution in [0.4, 0.5) is 10.7 Å². The second kappa shape index (κ2) is 8.92. The van der Waals surface area contributed by atoms with Gasteiger partial charge in [-0.25, -0.2) is 4.79 Å². The van der Waals surface area contributed by atoms with Crippen molar-refractivity contribution in [2.75, 3.05) is 17.7 Å². The van der Waals surface area contributed by atoms with Crippen LogP contribution >= 0.6 is 11.3 Å². The highest BCUT2D eigenvalue weighted by molar-refractivity contribution is 7.19. The molecule has 2 N–H and O–H groups in total. The first kappa shape index (κ1) is 21.3. The summed E-state index contributed by atoms with van der Waals surface area (Å²) < 4.78 is 4.88. The number of para-hydroxylation sites is 1. The highest BCUT2D eigenvalue weighted by Gasteiger charge is 2.27. The summed E-state index contributed by atoms with van der Waals surface area (Å²) >= 11 is 1.05. The molecule has 0 bridgehead atoms. The predicted molar refractivity (Wildman–Crippen MR) is 119 cm³/mol. The molecule has 0 saturated carbocycles. The van der Waals surface area contributed by atoms with Gasteiger partial charge >= 0.3 is 5.97 Å². The molecule has 1 aromatic heterocycles. The van der Waals surface area contributed by atoms with Gasteiger partial charge in [-0.2, -0.15) is 0 Å². The molecule has 0 fully saturated rings. The van der Waals surface area contributed by atoms with Crippen LogP contribution in [0.1, 0.15) is 47.1 Å². The molecule has 0 spiro atoms. The van der Waals surface area contributed by atoms with Crippen LogP contribution in [0.2, 0.25) is 0 Å². The minimum atomic E-state index is -0.612. The molecule has 0 aliphatic carbocycles. The monoisotopic (exact) mass is 422 g/mol. The summed E-state index contributed by atoms with van der Waals surface area (Å²) in [4.78, 5) is 38.4. The molecule has 0 unspecified atom stereocenters. The van der Waals surface area contributed by atoms with Gasteiger partial charge in [0.2, 0.25) is 0 Å². The number of nitrogens with one attached hydrogen (secondary N) is 2. The van der Waals surface area contributed by atoms with Crippen molar-refractivity contribution in [3.8, 4) is 0 Å². The van der Waals surface area contributed by atoms with Gasteiger partial charge in [0.05, 0.1) is 17.6 Å². The lowest BCUT2D eigenvalue weighted by molar-refractivity contribution is 0.0601. The van der Waals surface area contributed by atoms with E-state index < -0.39 is 5.97 Å². The van der Waals surface area contributed by atoms with Gasteiger partial charge < -0.3 is 15.4 Å². The molecule has 0 radical (unpaired) electrons. The lowest BCUT2D eigenvalue weighted by Crippen LogP contribution is -2.15. The quantitative estimate of drug-likeness (QED) is 0.569. The van der Waals surface area contributed by atoms with Crippen LogP contribution in [0.3, 0.4) is 0 Å². The number of anilines is 2. The molecule has 3 rings (SSSR count). The van der Waals surface area contributed by atoms with E-state index in [0.29, 0.717) is 21.7 Å². The van der Waals surface area contributed by atoms with E-state index in [2.05, 4.69) is 10.6 Å². The third kappa shape index (κ3) is 4.26. The largest absolute Gasteiger partial charge is 0.465 e. The number of thiophene rings is 1. The number of carbonyl (C=O) groups excluding carboxylic acids is 3. The Labute approximate surface area is 178 Å². The Hall–Kier alpha value is -3.45. The van der Waals surface area contributed by atoms with Crippen molar-refractivity contribution in [3.05, 3.63) is 81.2 Å². The summed E-state index contributed by atoms with van der Waals surface area (Å²) in [5.74, 6) is -1.32. The number of ether oxygens (including phenoxy) is 1. The highest BCUT2D eigenvalue weighted by atomic mass is 32.1. The fourth-order valence-electron chi connectivity index (χ4n) is 3.06. The molecule has 30 heavy (non-hydrogen) atoms. The predicted octanol–water partition coefficient (Wildman–Crippen LogP) is 4.96. The van der Waals surface area contributed by atoms with E-state index in [-0.39, 0.29) is 22.4 Å². The minimum absolute atomic E-state index is 0.180. The number of hydrogen-bond acceptors (Lipinski definition) is 5. The van der Waals surface area contributed by atoms with Crippen LogP contribution in [0.25, 0.3) is 0 Å². The zero-order valence-electron chi connectivity index (χ0n) is 17.2. The zero-order valence-corrected chi connectivity index (χ0v) is 18.0. The summed E-state index contributed by atoms with van der Waals surface area (Å²) in [6.07, 6.45) is 0. The van der Waals surface area contributed by atoms with E-state index in [0.717, 1.165) is 22.5 Å². The van der Waals surface area contributed by atoms with Crippen LogP contribution in [-0.4, -0.2) is 24.9 Å². The van der Waals surface area contributed by atoms with Crippen LogP contribution in [0.5, 0.6) is 0 Å². The normalized spacial score (nSPS) is 10.4. The number of amides is 2. The Kier molecular flexibility index (Phi) is 6.32.